The van der Waals surface area contributed by atoms with Gasteiger partial charge in [0.15, 0.2) is 34.5 Å². The highest BCUT2D eigenvalue weighted by atomic mass is 16.6. The summed E-state index contributed by atoms with van der Waals surface area (Å²) in [5, 5.41) is 43.2. The Morgan fingerprint density at radius 2 is 0.644 bits per heavy atom. The Hall–Kier alpha value is -6.76. The molecular weight excluding hydrogens is 933 g/mol. The molecule has 0 aromatic heterocycles. The van der Waals surface area contributed by atoms with E-state index in [4.69, 9.17) is 42.6 Å². The summed E-state index contributed by atoms with van der Waals surface area (Å²) in [6, 6.07) is 35.3. The van der Waals surface area contributed by atoms with E-state index in [1.807, 2.05) is 77.7 Å². The molecular formula is C57H66N4O12. The third-order valence-corrected chi connectivity index (χ3v) is 13.1. The van der Waals surface area contributed by atoms with Crippen LogP contribution in [0.4, 0.5) is 0 Å². The minimum atomic E-state index is -0.979. The van der Waals surface area contributed by atoms with Crippen molar-refractivity contribution in [1.29, 1.82) is 0 Å². The van der Waals surface area contributed by atoms with E-state index in [9.17, 15) is 15.3 Å². The van der Waals surface area contributed by atoms with Gasteiger partial charge in [-0.15, -0.1) is 0 Å². The number of aliphatic hydroxyl groups excluding tert-OH is 3. The number of rotatable bonds is 3. The molecule has 0 fully saturated rings. The van der Waals surface area contributed by atoms with Crippen LogP contribution < -0.4 is 58.6 Å². The first kappa shape index (κ1) is 51.2. The fourth-order valence-electron chi connectivity index (χ4n) is 9.25. The molecule has 73 heavy (non-hydrogen) atoms. The van der Waals surface area contributed by atoms with Crippen molar-refractivity contribution in [3.63, 3.8) is 0 Å². The zero-order valence-corrected chi connectivity index (χ0v) is 41.7. The van der Waals surface area contributed by atoms with Crippen molar-refractivity contribution in [1.82, 2.24) is 20.9 Å². The summed E-state index contributed by atoms with van der Waals surface area (Å²) in [5.74, 6) is 5.62. The van der Waals surface area contributed by atoms with Crippen LogP contribution in [0.1, 0.15) is 50.1 Å². The van der Waals surface area contributed by atoms with Crippen LogP contribution in [-0.4, -0.2) is 120 Å². The number of methoxy groups -OCH3 is 3. The third kappa shape index (κ3) is 13.9. The summed E-state index contributed by atoms with van der Waals surface area (Å²) in [4.78, 5) is 1.81. The largest absolute Gasteiger partial charge is 0.493 e. The van der Waals surface area contributed by atoms with E-state index >= 15 is 0 Å². The smallest absolute Gasteiger partial charge is 0.161 e. The Morgan fingerprint density at radius 1 is 0.384 bits per heavy atom. The average molecular weight is 999 g/mol. The molecule has 13 aliphatic rings. The van der Waals surface area contributed by atoms with Crippen LogP contribution in [0.15, 0.2) is 109 Å². The molecule has 3 atom stereocenters. The van der Waals surface area contributed by atoms with E-state index in [-0.39, 0.29) is 59.3 Å². The Bertz CT molecular complexity index is 2440. The lowest BCUT2D eigenvalue weighted by atomic mass is 9.94. The van der Waals surface area contributed by atoms with E-state index in [0.29, 0.717) is 90.6 Å². The van der Waals surface area contributed by atoms with Gasteiger partial charge in [0.2, 0.25) is 0 Å². The Balaban J connectivity index is 1.09. The Morgan fingerprint density at radius 3 is 0.918 bits per heavy atom. The van der Waals surface area contributed by atoms with Crippen molar-refractivity contribution >= 4 is 0 Å². The van der Waals surface area contributed by atoms with Crippen LogP contribution in [0.3, 0.4) is 0 Å². The van der Waals surface area contributed by atoms with Gasteiger partial charge < -0.3 is 58.0 Å². The molecule has 0 radical (unpaired) electrons. The number of hydrogen-bond acceptors (Lipinski definition) is 16. The Kier molecular flexibility index (Phi) is 17.4. The first-order valence-electron chi connectivity index (χ1n) is 24.8. The summed E-state index contributed by atoms with van der Waals surface area (Å²) < 4.78 is 55.5. The van der Waals surface area contributed by atoms with Crippen molar-refractivity contribution < 1.29 is 58.0 Å². The molecule has 6 N–H and O–H groups in total. The molecule has 16 bridgehead atoms. The molecule has 1 aliphatic carbocycles. The zero-order valence-electron chi connectivity index (χ0n) is 41.7. The predicted molar refractivity (Wildman–Crippen MR) is 275 cm³/mol. The van der Waals surface area contributed by atoms with Crippen molar-refractivity contribution in [3.05, 3.63) is 159 Å². The number of aliphatic hydroxyl groups is 3. The minimum Gasteiger partial charge on any atom is -0.493 e. The maximum atomic E-state index is 11.2. The van der Waals surface area contributed by atoms with E-state index < -0.39 is 18.7 Å². The number of nitrogens with one attached hydrogen (secondary N) is 3. The van der Waals surface area contributed by atoms with Gasteiger partial charge in [-0.25, -0.2) is 0 Å². The van der Waals surface area contributed by atoms with E-state index in [2.05, 4.69) is 52.3 Å². The van der Waals surface area contributed by atoms with Crippen LogP contribution in [-0.2, 0) is 38.9 Å². The molecule has 0 saturated heterocycles. The normalized spacial score (nSPS) is 20.1. The number of fused-ring (bicyclic) bond motifs is 1. The van der Waals surface area contributed by atoms with Crippen LogP contribution in [0.5, 0.6) is 51.7 Å². The number of nitrogens with zero attached hydrogens (tertiary/aromatic N) is 1. The summed E-state index contributed by atoms with van der Waals surface area (Å²) in [7, 11) is 4.94. The molecule has 12 aliphatic heterocycles. The average Bonchev–Trinajstić information content (AvgIpc) is 3.45. The molecule has 6 aromatic rings. The molecule has 16 nitrogen and oxygen atoms in total. The quantitative estimate of drug-likeness (QED) is 0.126. The van der Waals surface area contributed by atoms with Crippen LogP contribution in [0.25, 0.3) is 0 Å². The van der Waals surface area contributed by atoms with Crippen LogP contribution in [0, 0.1) is 0 Å². The lowest BCUT2D eigenvalue weighted by Gasteiger charge is -2.30. The molecule has 0 saturated carbocycles. The second-order valence-electron chi connectivity index (χ2n) is 18.3. The maximum absolute atomic E-state index is 11.2. The van der Waals surface area contributed by atoms with Gasteiger partial charge in [0.25, 0.3) is 0 Å². The minimum absolute atomic E-state index is 0.123. The molecule has 386 valence electrons. The lowest BCUT2D eigenvalue weighted by Crippen LogP contribution is -2.50. The highest BCUT2D eigenvalue weighted by molar-refractivity contribution is 5.58. The first-order chi connectivity index (χ1) is 35.7. The summed E-state index contributed by atoms with van der Waals surface area (Å²) >= 11 is 0. The monoisotopic (exact) mass is 998 g/mol. The zero-order chi connectivity index (χ0) is 50.5. The topological polar surface area (TPSA) is 183 Å². The SMILES string of the molecule is COc1cc2c3cc1OCCOc1ccc(cc1)CN[C@H](O)CN1C[C@@H](O)NCc4ccc(cc4)OCCOc4cc(c(cc4OC)C3)Cc3cc(OC)c(cc3C2)OCCOc2ccc(cc2)CN[C@H](O)C1. The number of hydrogen-bond donors (Lipinski definition) is 6. The molecule has 0 amide bonds. The van der Waals surface area contributed by atoms with E-state index in [1.54, 1.807) is 21.3 Å². The summed E-state index contributed by atoms with van der Waals surface area (Å²) in [6.07, 6.45) is -1.21. The summed E-state index contributed by atoms with van der Waals surface area (Å²) in [5.41, 5.74) is 9.17. The van der Waals surface area contributed by atoms with Crippen molar-refractivity contribution in [3.8, 4) is 51.7 Å². The van der Waals surface area contributed by atoms with Crippen molar-refractivity contribution in [2.24, 2.45) is 0 Å². The van der Waals surface area contributed by atoms with E-state index in [0.717, 1.165) is 50.1 Å². The van der Waals surface area contributed by atoms with Gasteiger partial charge in [0.1, 0.15) is 75.6 Å². The highest BCUT2D eigenvalue weighted by Gasteiger charge is 2.24. The molecule has 19 rings (SSSR count). The Labute approximate surface area is 426 Å². The fourth-order valence-corrected chi connectivity index (χ4v) is 9.25. The lowest BCUT2D eigenvalue weighted by molar-refractivity contribution is 0.0108. The predicted octanol–water partition coefficient (Wildman–Crippen LogP) is 5.72. The first-order valence-corrected chi connectivity index (χ1v) is 24.8. The van der Waals surface area contributed by atoms with Crippen LogP contribution in [0.2, 0.25) is 0 Å². The molecule has 16 heteroatoms. The second-order valence-corrected chi connectivity index (χ2v) is 18.3. The molecule has 12 heterocycles. The second kappa shape index (κ2) is 24.8. The fraction of sp³-hybridized carbons (Fsp3) is 0.368. The van der Waals surface area contributed by atoms with Gasteiger partial charge in [-0.1, -0.05) is 36.4 Å². The number of ether oxygens (including phenoxy) is 9. The molecule has 0 spiro atoms. The van der Waals surface area contributed by atoms with Gasteiger partial charge in [-0.05, 0) is 142 Å². The van der Waals surface area contributed by atoms with Gasteiger partial charge in [-0.2, -0.15) is 0 Å². The van der Waals surface area contributed by atoms with Crippen molar-refractivity contribution in [2.45, 2.75) is 57.6 Å². The number of benzene rings is 6. The highest BCUT2D eigenvalue weighted by Crippen LogP contribution is 2.41. The standard InChI is InChI=1S/C57H66N4O12/c1-65-49-25-40-22-44-29-53-51(67-3)27-42(44)24-45-30-54-50(66-2)26-41(45)23-43(40)28-52(49)71-19-16-68-46-10-4-37(5-11-46)31-58-55(62)34-61(35-56(63)59-32-38-6-12-47(13-7-38)69-17-20-72-53)36-57(64)60-33-39-8-14-48(15-9-39)70-18-21-73-54/h4-15,25-30,55-60,62-64H,16-24,31-36H2,1-3H3/t55-,56-,57-/m1/s1. The van der Waals surface area contributed by atoms with Crippen LogP contribution >= 0.6 is 0 Å². The van der Waals surface area contributed by atoms with Gasteiger partial charge in [0, 0.05) is 39.3 Å². The molecule has 0 unspecified atom stereocenters. The summed E-state index contributed by atoms with van der Waals surface area (Å²) in [6.45, 7) is 3.10. The molecule has 6 aromatic carbocycles. The van der Waals surface area contributed by atoms with Crippen molar-refractivity contribution in [2.75, 3.05) is 80.6 Å². The van der Waals surface area contributed by atoms with E-state index in [1.165, 1.54) is 0 Å². The maximum Gasteiger partial charge on any atom is 0.161 e. The van der Waals surface area contributed by atoms with Gasteiger partial charge >= 0.3 is 0 Å². The third-order valence-electron chi connectivity index (χ3n) is 13.1. The van der Waals surface area contributed by atoms with Gasteiger partial charge in [-0.3, -0.25) is 20.9 Å². The van der Waals surface area contributed by atoms with Gasteiger partial charge in [0.05, 0.1) is 21.3 Å².